The fourth-order valence-corrected chi connectivity index (χ4v) is 1.59. The molecule has 0 unspecified atom stereocenters. The quantitative estimate of drug-likeness (QED) is 0.808. The van der Waals surface area contributed by atoms with Crippen LogP contribution in [-0.4, -0.2) is 36.2 Å². The average Bonchev–Trinajstić information content (AvgIpc) is 2.41. The molecule has 21 heavy (non-hydrogen) atoms. The van der Waals surface area contributed by atoms with E-state index >= 15 is 0 Å². The van der Waals surface area contributed by atoms with Crippen molar-refractivity contribution in [3.63, 3.8) is 0 Å². The number of hydrogen-bond donors (Lipinski definition) is 1. The molecule has 1 rings (SSSR count). The Morgan fingerprint density at radius 2 is 1.95 bits per heavy atom. The van der Waals surface area contributed by atoms with E-state index in [1.54, 1.807) is 6.07 Å². The van der Waals surface area contributed by atoms with Crippen molar-refractivity contribution in [3.05, 3.63) is 23.9 Å². The summed E-state index contributed by atoms with van der Waals surface area (Å²) in [5, 5.41) is 2.91. The van der Waals surface area contributed by atoms with Crippen LogP contribution in [0.2, 0.25) is 0 Å². The van der Waals surface area contributed by atoms with Gasteiger partial charge in [0.15, 0.2) is 0 Å². The lowest BCUT2D eigenvalue weighted by Gasteiger charge is -2.19. The molecule has 1 aromatic heterocycles. The number of aromatic nitrogens is 1. The van der Waals surface area contributed by atoms with Gasteiger partial charge in [-0.2, -0.15) is 0 Å². The molecule has 6 heteroatoms. The van der Waals surface area contributed by atoms with Crippen molar-refractivity contribution in [2.45, 2.75) is 39.2 Å². The fourth-order valence-electron chi connectivity index (χ4n) is 1.59. The number of carbonyl (C=O) groups is 2. The molecule has 0 amide bonds. The zero-order valence-electron chi connectivity index (χ0n) is 12.9. The van der Waals surface area contributed by atoms with Crippen LogP contribution >= 0.6 is 0 Å². The zero-order valence-corrected chi connectivity index (χ0v) is 12.9. The lowest BCUT2D eigenvalue weighted by Crippen LogP contribution is -2.28. The second-order valence-corrected chi connectivity index (χ2v) is 5.53. The predicted octanol–water partition coefficient (Wildman–Crippen LogP) is 1.94. The van der Waals surface area contributed by atoms with Crippen molar-refractivity contribution in [2.75, 3.05) is 19.0 Å². The van der Waals surface area contributed by atoms with Crippen LogP contribution in [-0.2, 0) is 25.5 Å². The summed E-state index contributed by atoms with van der Waals surface area (Å²) in [7, 11) is 1.36. The van der Waals surface area contributed by atoms with Crippen molar-refractivity contribution in [1.82, 2.24) is 4.98 Å². The number of hydrogen-bond acceptors (Lipinski definition) is 6. The van der Waals surface area contributed by atoms with Gasteiger partial charge in [0.05, 0.1) is 13.5 Å². The second kappa shape index (κ2) is 7.61. The van der Waals surface area contributed by atoms with Gasteiger partial charge >= 0.3 is 11.9 Å². The minimum atomic E-state index is -0.505. The third-order valence-electron chi connectivity index (χ3n) is 2.45. The van der Waals surface area contributed by atoms with Gasteiger partial charge in [0.2, 0.25) is 0 Å². The molecule has 0 atom stereocenters. The zero-order chi connectivity index (χ0) is 15.9. The van der Waals surface area contributed by atoms with E-state index in [0.29, 0.717) is 12.2 Å². The minimum Gasteiger partial charge on any atom is -0.469 e. The molecule has 0 aliphatic heterocycles. The van der Waals surface area contributed by atoms with Crippen LogP contribution in [0.4, 0.5) is 5.82 Å². The second-order valence-electron chi connectivity index (χ2n) is 5.53. The highest BCUT2D eigenvalue weighted by atomic mass is 16.6. The average molecular weight is 294 g/mol. The first-order valence-electron chi connectivity index (χ1n) is 6.78. The first-order chi connectivity index (χ1) is 9.80. The Morgan fingerprint density at radius 1 is 1.24 bits per heavy atom. The number of rotatable bonds is 6. The Bertz CT molecular complexity index is 495. The Kier molecular flexibility index (Phi) is 6.14. The molecule has 116 valence electrons. The van der Waals surface area contributed by atoms with Gasteiger partial charge in [0.25, 0.3) is 0 Å². The Morgan fingerprint density at radius 3 is 2.57 bits per heavy atom. The van der Waals surface area contributed by atoms with Crippen molar-refractivity contribution in [3.8, 4) is 0 Å². The number of nitrogens with one attached hydrogen (secondary N) is 1. The summed E-state index contributed by atoms with van der Waals surface area (Å²) in [6.07, 6.45) is 0.771. The topological polar surface area (TPSA) is 77.5 Å². The first-order valence-corrected chi connectivity index (χ1v) is 6.78. The SMILES string of the molecule is COC(=O)CCc1cccc(NCC(=O)OC(C)(C)C)n1. The molecule has 0 radical (unpaired) electrons. The molecule has 1 aromatic rings. The predicted molar refractivity (Wildman–Crippen MR) is 78.9 cm³/mol. The van der Waals surface area contributed by atoms with Gasteiger partial charge < -0.3 is 14.8 Å². The largest absolute Gasteiger partial charge is 0.469 e. The number of carbonyl (C=O) groups excluding carboxylic acids is 2. The molecule has 1 heterocycles. The van der Waals surface area contributed by atoms with Gasteiger partial charge in [-0.3, -0.25) is 9.59 Å². The first kappa shape index (κ1) is 16.9. The summed E-state index contributed by atoms with van der Waals surface area (Å²) in [6.45, 7) is 5.49. The minimum absolute atomic E-state index is 0.0464. The van der Waals surface area contributed by atoms with Crippen LogP contribution in [0.25, 0.3) is 0 Å². The van der Waals surface area contributed by atoms with E-state index in [9.17, 15) is 9.59 Å². The van der Waals surface area contributed by atoms with Crippen LogP contribution in [0.1, 0.15) is 32.9 Å². The van der Waals surface area contributed by atoms with Crippen LogP contribution < -0.4 is 5.32 Å². The molecule has 6 nitrogen and oxygen atoms in total. The standard InChI is InChI=1S/C15H22N2O4/c1-15(2,3)21-14(19)10-16-12-7-5-6-11(17-12)8-9-13(18)20-4/h5-7H,8-10H2,1-4H3,(H,16,17). The Balaban J connectivity index is 2.49. The maximum absolute atomic E-state index is 11.6. The van der Waals surface area contributed by atoms with Crippen LogP contribution in [0.15, 0.2) is 18.2 Å². The van der Waals surface area contributed by atoms with Gasteiger partial charge in [0, 0.05) is 12.1 Å². The van der Waals surface area contributed by atoms with Gasteiger partial charge in [-0.25, -0.2) is 4.98 Å². The molecule has 1 N–H and O–H groups in total. The summed E-state index contributed by atoms with van der Waals surface area (Å²) in [5.74, 6) is -0.0450. The Labute approximate surface area is 124 Å². The molecular weight excluding hydrogens is 272 g/mol. The third-order valence-corrected chi connectivity index (χ3v) is 2.45. The maximum Gasteiger partial charge on any atom is 0.325 e. The van der Waals surface area contributed by atoms with Gasteiger partial charge in [-0.1, -0.05) is 6.07 Å². The molecule has 0 fully saturated rings. The van der Waals surface area contributed by atoms with Crippen LogP contribution in [0, 0.1) is 0 Å². The van der Waals surface area contributed by atoms with Crippen molar-refractivity contribution >= 4 is 17.8 Å². The van der Waals surface area contributed by atoms with Crippen molar-refractivity contribution < 1.29 is 19.1 Å². The van der Waals surface area contributed by atoms with Crippen LogP contribution in [0.5, 0.6) is 0 Å². The summed E-state index contributed by atoms with van der Waals surface area (Å²) >= 11 is 0. The van der Waals surface area contributed by atoms with E-state index < -0.39 is 5.60 Å². The highest BCUT2D eigenvalue weighted by molar-refractivity contribution is 5.75. The molecule has 0 spiro atoms. The number of nitrogens with zero attached hydrogens (tertiary/aromatic N) is 1. The van der Waals surface area contributed by atoms with E-state index in [1.165, 1.54) is 7.11 Å². The van der Waals surface area contributed by atoms with E-state index in [0.717, 1.165) is 5.69 Å². The number of pyridine rings is 1. The summed E-state index contributed by atoms with van der Waals surface area (Å²) in [6, 6.07) is 5.39. The summed E-state index contributed by atoms with van der Waals surface area (Å²) in [4.78, 5) is 27.0. The third kappa shape index (κ3) is 7.29. The van der Waals surface area contributed by atoms with Gasteiger partial charge in [-0.05, 0) is 32.9 Å². The van der Waals surface area contributed by atoms with Gasteiger partial charge in [0.1, 0.15) is 18.0 Å². The highest BCUT2D eigenvalue weighted by Crippen LogP contribution is 2.09. The number of methoxy groups -OCH3 is 1. The van der Waals surface area contributed by atoms with Crippen molar-refractivity contribution in [2.24, 2.45) is 0 Å². The lowest BCUT2D eigenvalue weighted by molar-refractivity contribution is -0.152. The van der Waals surface area contributed by atoms with Crippen LogP contribution in [0.3, 0.4) is 0 Å². The number of anilines is 1. The molecule has 0 aliphatic carbocycles. The molecule has 0 aliphatic rings. The molecule has 0 bridgehead atoms. The van der Waals surface area contributed by atoms with Gasteiger partial charge in [-0.15, -0.1) is 0 Å². The van der Waals surface area contributed by atoms with E-state index in [1.807, 2.05) is 32.9 Å². The van der Waals surface area contributed by atoms with E-state index in [-0.39, 0.29) is 24.9 Å². The number of ether oxygens (including phenoxy) is 2. The highest BCUT2D eigenvalue weighted by Gasteiger charge is 2.15. The van der Waals surface area contributed by atoms with Crippen molar-refractivity contribution in [1.29, 1.82) is 0 Å². The fraction of sp³-hybridized carbons (Fsp3) is 0.533. The summed E-state index contributed by atoms with van der Waals surface area (Å²) < 4.78 is 9.78. The maximum atomic E-state index is 11.6. The smallest absolute Gasteiger partial charge is 0.325 e. The van der Waals surface area contributed by atoms with E-state index in [4.69, 9.17) is 4.74 Å². The lowest BCUT2D eigenvalue weighted by atomic mass is 10.2. The summed E-state index contributed by atoms with van der Waals surface area (Å²) in [5.41, 5.74) is 0.253. The molecule has 0 saturated heterocycles. The monoisotopic (exact) mass is 294 g/mol. The molecule has 0 aromatic carbocycles. The van der Waals surface area contributed by atoms with E-state index in [2.05, 4.69) is 15.0 Å². The number of aryl methyl sites for hydroxylation is 1. The Hall–Kier alpha value is -2.11. The number of esters is 2. The molecular formula is C15H22N2O4. The molecule has 0 saturated carbocycles. The normalized spacial score (nSPS) is 10.9.